The van der Waals surface area contributed by atoms with Gasteiger partial charge in [0.1, 0.15) is 0 Å². The van der Waals surface area contributed by atoms with E-state index in [0.29, 0.717) is 17.3 Å². The molecule has 0 aromatic heterocycles. The Hall–Kier alpha value is -2.41. The Morgan fingerprint density at radius 2 is 1.88 bits per heavy atom. The van der Waals surface area contributed by atoms with Crippen LogP contribution in [0.5, 0.6) is 0 Å². The highest BCUT2D eigenvalue weighted by Crippen LogP contribution is 2.20. The number of carbonyl (C=O) groups is 3. The molecule has 0 atom stereocenters. The van der Waals surface area contributed by atoms with Crippen LogP contribution >= 0.6 is 0 Å². The molecule has 140 valence electrons. The summed E-state index contributed by atoms with van der Waals surface area (Å²) in [7, 11) is 1.76. The van der Waals surface area contributed by atoms with Crippen LogP contribution in [-0.4, -0.2) is 66.8 Å². The van der Waals surface area contributed by atoms with Crippen molar-refractivity contribution in [3.05, 3.63) is 29.8 Å². The van der Waals surface area contributed by atoms with Gasteiger partial charge in [-0.1, -0.05) is 6.07 Å². The van der Waals surface area contributed by atoms with Crippen molar-refractivity contribution in [2.45, 2.75) is 31.7 Å². The molecule has 1 heterocycles. The van der Waals surface area contributed by atoms with Crippen LogP contribution in [0.25, 0.3) is 0 Å². The Morgan fingerprint density at radius 1 is 1.15 bits per heavy atom. The van der Waals surface area contributed by atoms with Gasteiger partial charge in [-0.15, -0.1) is 0 Å². The van der Waals surface area contributed by atoms with Crippen molar-refractivity contribution in [1.82, 2.24) is 15.1 Å². The summed E-state index contributed by atoms with van der Waals surface area (Å²) in [5.41, 5.74) is 1.12. The molecule has 1 aromatic rings. The quantitative estimate of drug-likeness (QED) is 0.764. The van der Waals surface area contributed by atoms with E-state index in [1.54, 1.807) is 36.2 Å². The molecule has 2 aliphatic rings. The predicted octanol–water partition coefficient (Wildman–Crippen LogP) is 1.07. The molecule has 0 radical (unpaired) electrons. The number of carbonyl (C=O) groups excluding carboxylic acids is 3. The maximum Gasteiger partial charge on any atom is 0.251 e. The van der Waals surface area contributed by atoms with E-state index in [0.717, 1.165) is 38.8 Å². The molecule has 1 saturated heterocycles. The van der Waals surface area contributed by atoms with Crippen LogP contribution in [0.15, 0.2) is 24.3 Å². The van der Waals surface area contributed by atoms with Crippen molar-refractivity contribution in [2.24, 2.45) is 0 Å². The number of nitrogens with zero attached hydrogens (tertiary/aromatic N) is 2. The van der Waals surface area contributed by atoms with Gasteiger partial charge in [0.05, 0.1) is 13.1 Å². The lowest BCUT2D eigenvalue weighted by molar-refractivity contribution is -0.131. The molecule has 2 N–H and O–H groups in total. The second-order valence-corrected chi connectivity index (χ2v) is 7.14. The van der Waals surface area contributed by atoms with Crippen molar-refractivity contribution in [3.63, 3.8) is 0 Å². The first-order valence-corrected chi connectivity index (χ1v) is 9.18. The normalized spacial score (nSPS) is 16.6. The Morgan fingerprint density at radius 3 is 2.58 bits per heavy atom. The molecule has 2 fully saturated rings. The molecule has 1 aromatic carbocycles. The Labute approximate surface area is 153 Å². The summed E-state index contributed by atoms with van der Waals surface area (Å²) < 4.78 is 0. The van der Waals surface area contributed by atoms with E-state index in [1.807, 2.05) is 4.90 Å². The maximum absolute atomic E-state index is 12.2. The third kappa shape index (κ3) is 5.29. The number of likely N-dealkylation sites (N-methyl/N-ethyl adjacent to an activating group) is 1. The first kappa shape index (κ1) is 18.4. The number of rotatable bonds is 7. The molecule has 0 spiro atoms. The van der Waals surface area contributed by atoms with E-state index in [-0.39, 0.29) is 30.8 Å². The summed E-state index contributed by atoms with van der Waals surface area (Å²) in [5, 5.41) is 5.72. The van der Waals surface area contributed by atoms with E-state index >= 15 is 0 Å². The molecule has 0 bridgehead atoms. The monoisotopic (exact) mass is 358 g/mol. The molecule has 26 heavy (non-hydrogen) atoms. The molecule has 3 rings (SSSR count). The van der Waals surface area contributed by atoms with Gasteiger partial charge in [0.25, 0.3) is 5.91 Å². The lowest BCUT2D eigenvalue weighted by atomic mass is 10.2. The molecule has 7 heteroatoms. The molecule has 1 aliphatic carbocycles. The fourth-order valence-electron chi connectivity index (χ4n) is 3.03. The van der Waals surface area contributed by atoms with Crippen LogP contribution in [0, 0.1) is 0 Å². The zero-order valence-corrected chi connectivity index (χ0v) is 15.2. The highest BCUT2D eigenvalue weighted by molar-refractivity contribution is 5.97. The van der Waals surface area contributed by atoms with Gasteiger partial charge in [-0.25, -0.2) is 0 Å². The Kier molecular flexibility index (Phi) is 5.88. The average Bonchev–Trinajstić information content (AvgIpc) is 3.23. The van der Waals surface area contributed by atoms with Crippen LogP contribution in [-0.2, 0) is 9.59 Å². The van der Waals surface area contributed by atoms with Gasteiger partial charge in [0, 0.05) is 30.4 Å². The molecule has 0 unspecified atom stereocenters. The predicted molar refractivity (Wildman–Crippen MR) is 98.9 cm³/mol. The minimum absolute atomic E-state index is 0.0662. The average molecular weight is 358 g/mol. The largest absolute Gasteiger partial charge is 0.349 e. The fourth-order valence-corrected chi connectivity index (χ4v) is 3.03. The lowest BCUT2D eigenvalue weighted by Gasteiger charge is -2.20. The number of likely N-dealkylation sites (tertiary alicyclic amines) is 1. The topological polar surface area (TPSA) is 81.8 Å². The van der Waals surface area contributed by atoms with E-state index in [4.69, 9.17) is 0 Å². The highest BCUT2D eigenvalue weighted by Gasteiger charge is 2.24. The number of nitrogens with one attached hydrogen (secondary N) is 2. The molecule has 1 aliphatic heterocycles. The summed E-state index contributed by atoms with van der Waals surface area (Å²) in [6.07, 6.45) is 4.18. The Bertz CT molecular complexity index is 681. The first-order valence-electron chi connectivity index (χ1n) is 9.18. The van der Waals surface area contributed by atoms with Gasteiger partial charge < -0.3 is 15.5 Å². The second-order valence-electron chi connectivity index (χ2n) is 7.14. The van der Waals surface area contributed by atoms with Crippen LogP contribution in [0.1, 0.15) is 36.0 Å². The van der Waals surface area contributed by atoms with Crippen molar-refractivity contribution in [2.75, 3.05) is 38.5 Å². The lowest BCUT2D eigenvalue weighted by Crippen LogP contribution is -2.40. The number of amides is 3. The van der Waals surface area contributed by atoms with Gasteiger partial charge in [-0.05, 0) is 50.9 Å². The molecular formula is C19H26N4O3. The van der Waals surface area contributed by atoms with Crippen LogP contribution in [0.4, 0.5) is 5.69 Å². The van der Waals surface area contributed by atoms with Crippen molar-refractivity contribution in [3.8, 4) is 0 Å². The number of hydrogen-bond donors (Lipinski definition) is 2. The molecule has 3 amide bonds. The summed E-state index contributed by atoms with van der Waals surface area (Å²) in [5.74, 6) is -0.255. The van der Waals surface area contributed by atoms with Crippen LogP contribution in [0.3, 0.4) is 0 Å². The molecule has 1 saturated carbocycles. The van der Waals surface area contributed by atoms with Crippen molar-refractivity contribution >= 4 is 23.4 Å². The van der Waals surface area contributed by atoms with Gasteiger partial charge in [-0.3, -0.25) is 19.3 Å². The minimum Gasteiger partial charge on any atom is -0.349 e. The fraction of sp³-hybridized carbons (Fsp3) is 0.526. The Balaban J connectivity index is 1.47. The summed E-state index contributed by atoms with van der Waals surface area (Å²) in [6.45, 7) is 1.98. The SMILES string of the molecule is CN(CC(=O)Nc1cccc(C(=O)NC2CC2)c1)CC(=O)N1CCCC1. The van der Waals surface area contributed by atoms with E-state index in [1.165, 1.54) is 0 Å². The number of hydrogen-bond acceptors (Lipinski definition) is 4. The van der Waals surface area contributed by atoms with Gasteiger partial charge in [0.2, 0.25) is 11.8 Å². The molecular weight excluding hydrogens is 332 g/mol. The number of anilines is 1. The van der Waals surface area contributed by atoms with Gasteiger partial charge >= 0.3 is 0 Å². The zero-order valence-electron chi connectivity index (χ0n) is 15.2. The van der Waals surface area contributed by atoms with Gasteiger partial charge in [0.15, 0.2) is 0 Å². The summed E-state index contributed by atoms with van der Waals surface area (Å²) in [4.78, 5) is 40.0. The van der Waals surface area contributed by atoms with E-state index in [9.17, 15) is 14.4 Å². The summed E-state index contributed by atoms with van der Waals surface area (Å²) >= 11 is 0. The van der Waals surface area contributed by atoms with Crippen molar-refractivity contribution < 1.29 is 14.4 Å². The van der Waals surface area contributed by atoms with E-state index < -0.39 is 0 Å². The third-order valence-electron chi connectivity index (χ3n) is 4.60. The smallest absolute Gasteiger partial charge is 0.251 e. The summed E-state index contributed by atoms with van der Waals surface area (Å²) in [6, 6.07) is 7.20. The second kappa shape index (κ2) is 8.31. The third-order valence-corrected chi connectivity index (χ3v) is 4.60. The minimum atomic E-state index is -0.207. The molecule has 7 nitrogen and oxygen atoms in total. The maximum atomic E-state index is 12.2. The van der Waals surface area contributed by atoms with Crippen molar-refractivity contribution in [1.29, 1.82) is 0 Å². The standard InChI is InChI=1S/C19H26N4O3/c1-22(13-18(25)23-9-2-3-10-23)12-17(24)20-16-6-4-5-14(11-16)19(26)21-15-7-8-15/h4-6,11,15H,2-3,7-10,12-13H2,1H3,(H,20,24)(H,21,26). The number of benzene rings is 1. The zero-order chi connectivity index (χ0) is 18.5. The van der Waals surface area contributed by atoms with Gasteiger partial charge in [-0.2, -0.15) is 0 Å². The highest BCUT2D eigenvalue weighted by atomic mass is 16.2. The van der Waals surface area contributed by atoms with E-state index in [2.05, 4.69) is 10.6 Å². The van der Waals surface area contributed by atoms with Crippen LogP contribution in [0.2, 0.25) is 0 Å². The van der Waals surface area contributed by atoms with Crippen LogP contribution < -0.4 is 10.6 Å². The first-order chi connectivity index (χ1) is 12.5.